The first-order chi connectivity index (χ1) is 12.7. The van der Waals surface area contributed by atoms with Crippen LogP contribution in [0, 0.1) is 5.92 Å². The third-order valence-corrected chi connectivity index (χ3v) is 4.83. The van der Waals surface area contributed by atoms with E-state index in [0.29, 0.717) is 5.82 Å². The molecule has 1 atom stereocenters. The quantitative estimate of drug-likeness (QED) is 0.593. The molecule has 0 saturated carbocycles. The maximum atomic E-state index is 12.3. The summed E-state index contributed by atoms with van der Waals surface area (Å²) < 4.78 is 0.985. The van der Waals surface area contributed by atoms with Gasteiger partial charge in [-0.25, -0.2) is 9.97 Å². The van der Waals surface area contributed by atoms with Gasteiger partial charge in [0, 0.05) is 21.2 Å². The van der Waals surface area contributed by atoms with Gasteiger partial charge < -0.3 is 10.6 Å². The molecule has 1 unspecified atom stereocenters. The van der Waals surface area contributed by atoms with Gasteiger partial charge in [-0.1, -0.05) is 34.1 Å². The van der Waals surface area contributed by atoms with E-state index in [-0.39, 0.29) is 11.8 Å². The van der Waals surface area contributed by atoms with Crippen LogP contribution in [-0.4, -0.2) is 15.9 Å². The highest BCUT2D eigenvalue weighted by Crippen LogP contribution is 2.27. The predicted molar refractivity (Wildman–Crippen MR) is 107 cm³/mol. The number of carbonyl (C=O) groups excluding carboxylic acids is 1. The highest BCUT2D eigenvalue weighted by Gasteiger charge is 2.18. The average Bonchev–Trinajstić information content (AvgIpc) is 3.17. The minimum absolute atomic E-state index is 0.0245. The lowest BCUT2D eigenvalue weighted by Crippen LogP contribution is -2.19. The standard InChI is InChI=1S/C20H17BrN4O/c21-14-6-3-7-15(10-14)24-19-17-11-16(8-9-18(17)22-12-23-19)25-20(26)13-4-1-2-5-13/h1,3-4,6-13H,2,5H2,(H,25,26)(H,22,23,24). The Kier molecular flexibility index (Phi) is 4.67. The lowest BCUT2D eigenvalue weighted by atomic mass is 10.1. The summed E-state index contributed by atoms with van der Waals surface area (Å²) in [5.41, 5.74) is 2.48. The first-order valence-electron chi connectivity index (χ1n) is 8.44. The van der Waals surface area contributed by atoms with Gasteiger partial charge in [0.25, 0.3) is 0 Å². The average molecular weight is 409 g/mol. The molecule has 1 aromatic heterocycles. The predicted octanol–water partition coefficient (Wildman–Crippen LogP) is 5.04. The minimum Gasteiger partial charge on any atom is -0.340 e. The van der Waals surface area contributed by atoms with Crippen LogP contribution in [0.4, 0.5) is 17.2 Å². The van der Waals surface area contributed by atoms with Crippen LogP contribution in [0.15, 0.2) is 65.4 Å². The van der Waals surface area contributed by atoms with E-state index < -0.39 is 0 Å². The topological polar surface area (TPSA) is 66.9 Å². The van der Waals surface area contributed by atoms with E-state index >= 15 is 0 Å². The van der Waals surface area contributed by atoms with E-state index in [1.54, 1.807) is 0 Å². The van der Waals surface area contributed by atoms with Crippen LogP contribution in [0.3, 0.4) is 0 Å². The fourth-order valence-electron chi connectivity index (χ4n) is 3.02. The summed E-state index contributed by atoms with van der Waals surface area (Å²) in [6.07, 6.45) is 7.39. The third kappa shape index (κ3) is 3.60. The molecule has 5 nitrogen and oxygen atoms in total. The van der Waals surface area contributed by atoms with Crippen molar-refractivity contribution in [2.24, 2.45) is 5.92 Å². The van der Waals surface area contributed by atoms with E-state index in [0.717, 1.165) is 39.6 Å². The molecule has 0 radical (unpaired) electrons. The number of halogens is 1. The van der Waals surface area contributed by atoms with Crippen LogP contribution in [-0.2, 0) is 4.79 Å². The Labute approximate surface area is 159 Å². The lowest BCUT2D eigenvalue weighted by Gasteiger charge is -2.12. The highest BCUT2D eigenvalue weighted by molar-refractivity contribution is 9.10. The van der Waals surface area contributed by atoms with Crippen molar-refractivity contribution in [1.29, 1.82) is 0 Å². The third-order valence-electron chi connectivity index (χ3n) is 4.34. The molecular formula is C20H17BrN4O. The Bertz CT molecular complexity index is 1000. The first kappa shape index (κ1) is 16.7. The van der Waals surface area contributed by atoms with E-state index in [2.05, 4.69) is 42.6 Å². The van der Waals surface area contributed by atoms with Crippen LogP contribution in [0.2, 0.25) is 0 Å². The second-order valence-electron chi connectivity index (χ2n) is 6.19. The number of amides is 1. The molecule has 0 saturated heterocycles. The summed E-state index contributed by atoms with van der Waals surface area (Å²) in [4.78, 5) is 21.0. The molecule has 26 heavy (non-hydrogen) atoms. The van der Waals surface area contributed by atoms with Crippen molar-refractivity contribution < 1.29 is 4.79 Å². The molecule has 2 aromatic carbocycles. The number of carbonyl (C=O) groups is 1. The molecule has 0 bridgehead atoms. The molecule has 130 valence electrons. The fraction of sp³-hybridized carbons (Fsp3) is 0.150. The van der Waals surface area contributed by atoms with E-state index in [9.17, 15) is 4.79 Å². The molecule has 1 aliphatic carbocycles. The van der Waals surface area contributed by atoms with Crippen molar-refractivity contribution >= 4 is 49.9 Å². The second-order valence-corrected chi connectivity index (χ2v) is 7.11. The molecule has 0 aliphatic heterocycles. The number of rotatable bonds is 4. The van der Waals surface area contributed by atoms with Crippen LogP contribution in [0.1, 0.15) is 12.8 Å². The first-order valence-corrected chi connectivity index (χ1v) is 9.23. The summed E-state index contributed by atoms with van der Waals surface area (Å²) in [5, 5.41) is 7.17. The van der Waals surface area contributed by atoms with Crippen molar-refractivity contribution in [1.82, 2.24) is 9.97 Å². The zero-order valence-electron chi connectivity index (χ0n) is 13.9. The van der Waals surface area contributed by atoms with E-state index in [1.165, 1.54) is 6.33 Å². The highest BCUT2D eigenvalue weighted by atomic mass is 79.9. The molecule has 1 amide bonds. The Morgan fingerprint density at radius 3 is 2.85 bits per heavy atom. The monoisotopic (exact) mass is 408 g/mol. The number of nitrogens with one attached hydrogen (secondary N) is 2. The van der Waals surface area contributed by atoms with Gasteiger partial charge in [-0.05, 0) is 49.2 Å². The lowest BCUT2D eigenvalue weighted by molar-refractivity contribution is -0.118. The number of nitrogens with zero attached hydrogens (tertiary/aromatic N) is 2. The number of anilines is 3. The molecule has 6 heteroatoms. The molecule has 1 heterocycles. The van der Waals surface area contributed by atoms with Gasteiger partial charge in [-0.3, -0.25) is 4.79 Å². The second kappa shape index (κ2) is 7.25. The van der Waals surface area contributed by atoms with Crippen molar-refractivity contribution in [3.63, 3.8) is 0 Å². The molecule has 3 aromatic rings. The number of benzene rings is 2. The van der Waals surface area contributed by atoms with Gasteiger partial charge in [-0.2, -0.15) is 0 Å². The van der Waals surface area contributed by atoms with Gasteiger partial charge in [0.2, 0.25) is 5.91 Å². The normalized spacial score (nSPS) is 16.0. The molecule has 2 N–H and O–H groups in total. The van der Waals surface area contributed by atoms with E-state index in [4.69, 9.17) is 0 Å². The molecule has 4 rings (SSSR count). The number of hydrogen-bond donors (Lipinski definition) is 2. The fourth-order valence-corrected chi connectivity index (χ4v) is 3.42. The summed E-state index contributed by atoms with van der Waals surface area (Å²) >= 11 is 3.47. The van der Waals surface area contributed by atoms with Crippen LogP contribution >= 0.6 is 15.9 Å². The van der Waals surface area contributed by atoms with Crippen LogP contribution in [0.25, 0.3) is 10.9 Å². The van der Waals surface area contributed by atoms with Crippen molar-refractivity contribution in [3.05, 3.63) is 65.4 Å². The van der Waals surface area contributed by atoms with Crippen molar-refractivity contribution in [2.75, 3.05) is 10.6 Å². The number of fused-ring (bicyclic) bond motifs is 1. The molecule has 0 fully saturated rings. The van der Waals surface area contributed by atoms with Crippen LogP contribution in [0.5, 0.6) is 0 Å². The minimum atomic E-state index is -0.0445. The molecule has 1 aliphatic rings. The molecular weight excluding hydrogens is 392 g/mol. The number of allylic oxidation sites excluding steroid dienone is 1. The summed E-state index contributed by atoms with van der Waals surface area (Å²) in [7, 11) is 0. The Morgan fingerprint density at radius 1 is 1.12 bits per heavy atom. The van der Waals surface area contributed by atoms with E-state index in [1.807, 2.05) is 48.5 Å². The van der Waals surface area contributed by atoms with Crippen molar-refractivity contribution in [2.45, 2.75) is 12.8 Å². The number of aromatic nitrogens is 2. The zero-order chi connectivity index (χ0) is 17.9. The largest absolute Gasteiger partial charge is 0.340 e. The Balaban J connectivity index is 1.63. The van der Waals surface area contributed by atoms with Gasteiger partial charge in [0.1, 0.15) is 12.1 Å². The van der Waals surface area contributed by atoms with Crippen molar-refractivity contribution in [3.8, 4) is 0 Å². The van der Waals surface area contributed by atoms with Gasteiger partial charge in [0.05, 0.1) is 11.4 Å². The SMILES string of the molecule is O=C(Nc1ccc2ncnc(Nc3cccc(Br)c3)c2c1)C1C=CCC1. The smallest absolute Gasteiger partial charge is 0.231 e. The van der Waals surface area contributed by atoms with Crippen LogP contribution < -0.4 is 10.6 Å². The van der Waals surface area contributed by atoms with Gasteiger partial charge >= 0.3 is 0 Å². The maximum absolute atomic E-state index is 12.3. The molecule has 0 spiro atoms. The number of hydrogen-bond acceptors (Lipinski definition) is 4. The maximum Gasteiger partial charge on any atom is 0.231 e. The summed E-state index contributed by atoms with van der Waals surface area (Å²) in [6, 6.07) is 13.5. The summed E-state index contributed by atoms with van der Waals surface area (Å²) in [5.74, 6) is 0.679. The zero-order valence-corrected chi connectivity index (χ0v) is 15.5. The van der Waals surface area contributed by atoms with Gasteiger partial charge in [-0.15, -0.1) is 0 Å². The summed E-state index contributed by atoms with van der Waals surface area (Å²) in [6.45, 7) is 0. The Hall–Kier alpha value is -2.73. The van der Waals surface area contributed by atoms with Gasteiger partial charge in [0.15, 0.2) is 0 Å². The Morgan fingerprint density at radius 2 is 2.04 bits per heavy atom.